The minimum atomic E-state index is -0.0409. The second-order valence-corrected chi connectivity index (χ2v) is 5.92. The summed E-state index contributed by atoms with van der Waals surface area (Å²) in [5, 5.41) is 0. The van der Waals surface area contributed by atoms with E-state index < -0.39 is 0 Å². The Balaban J connectivity index is 1.87. The van der Waals surface area contributed by atoms with Crippen LogP contribution in [0.3, 0.4) is 0 Å². The summed E-state index contributed by atoms with van der Waals surface area (Å²) in [7, 11) is 1.63. The van der Waals surface area contributed by atoms with Crippen molar-refractivity contribution in [2.45, 2.75) is 12.3 Å². The van der Waals surface area contributed by atoms with Gasteiger partial charge in [-0.15, -0.1) is 0 Å². The van der Waals surface area contributed by atoms with E-state index in [-0.39, 0.29) is 11.8 Å². The fourth-order valence-electron chi connectivity index (χ4n) is 2.75. The van der Waals surface area contributed by atoms with Crippen molar-refractivity contribution in [2.75, 3.05) is 18.6 Å². The summed E-state index contributed by atoms with van der Waals surface area (Å²) in [6.07, 6.45) is 0.848. The minimum absolute atomic E-state index is 0.0409. The van der Waals surface area contributed by atoms with E-state index in [2.05, 4.69) is 15.9 Å². The summed E-state index contributed by atoms with van der Waals surface area (Å²) < 4.78 is 6.20. The summed E-state index contributed by atoms with van der Waals surface area (Å²) in [6, 6.07) is 15.7. The van der Waals surface area contributed by atoms with Crippen molar-refractivity contribution in [3.8, 4) is 5.75 Å². The number of hydrogen-bond donors (Lipinski definition) is 0. The molecule has 2 aromatic carbocycles. The molecule has 1 aliphatic heterocycles. The number of hydrogen-bond acceptors (Lipinski definition) is 2. The quantitative estimate of drug-likeness (QED) is 0.841. The highest BCUT2D eigenvalue weighted by molar-refractivity contribution is 9.10. The van der Waals surface area contributed by atoms with Gasteiger partial charge in [0, 0.05) is 18.3 Å². The Morgan fingerprint density at radius 2 is 1.95 bits per heavy atom. The Bertz CT molecular complexity index is 657. The van der Waals surface area contributed by atoms with Crippen molar-refractivity contribution in [2.24, 2.45) is 0 Å². The molecule has 0 aliphatic carbocycles. The van der Waals surface area contributed by atoms with E-state index in [0.717, 1.165) is 34.4 Å². The molecule has 0 radical (unpaired) electrons. The van der Waals surface area contributed by atoms with Gasteiger partial charge in [0.2, 0.25) is 5.91 Å². The zero-order valence-electron chi connectivity index (χ0n) is 11.8. The molecule has 21 heavy (non-hydrogen) atoms. The number of nitrogens with zero attached hydrogens (tertiary/aromatic N) is 1. The topological polar surface area (TPSA) is 29.5 Å². The Morgan fingerprint density at radius 3 is 2.67 bits per heavy atom. The van der Waals surface area contributed by atoms with Gasteiger partial charge >= 0.3 is 0 Å². The summed E-state index contributed by atoms with van der Waals surface area (Å²) in [4.78, 5) is 14.5. The molecule has 108 valence electrons. The third-order valence-electron chi connectivity index (χ3n) is 3.85. The molecular weight excluding hydrogens is 330 g/mol. The second kappa shape index (κ2) is 5.90. The zero-order valence-corrected chi connectivity index (χ0v) is 13.3. The van der Waals surface area contributed by atoms with Crippen molar-refractivity contribution in [3.05, 3.63) is 58.6 Å². The summed E-state index contributed by atoms with van der Waals surface area (Å²) in [5.41, 5.74) is 1.98. The molecule has 1 amide bonds. The van der Waals surface area contributed by atoms with Crippen LogP contribution in [0.5, 0.6) is 5.75 Å². The van der Waals surface area contributed by atoms with E-state index in [1.54, 1.807) is 7.11 Å². The number of halogens is 1. The predicted octanol–water partition coefficient (Wildman–Crippen LogP) is 3.98. The first-order valence-corrected chi connectivity index (χ1v) is 7.70. The van der Waals surface area contributed by atoms with Gasteiger partial charge in [-0.05, 0) is 40.0 Å². The van der Waals surface area contributed by atoms with E-state index in [4.69, 9.17) is 4.74 Å². The van der Waals surface area contributed by atoms with E-state index in [9.17, 15) is 4.79 Å². The standard InChI is InChI=1S/C17H16BrNO2/c1-21-16-11-13(7-8-15(16)18)19-10-9-14(17(19)20)12-5-3-2-4-6-12/h2-8,11,14H,9-10H2,1H3/t14-/m1/s1. The lowest BCUT2D eigenvalue weighted by Crippen LogP contribution is -2.26. The maximum Gasteiger partial charge on any atom is 0.234 e. The molecule has 1 heterocycles. The normalized spacial score (nSPS) is 18.1. The molecule has 0 saturated carbocycles. The van der Waals surface area contributed by atoms with Crippen molar-refractivity contribution < 1.29 is 9.53 Å². The fourth-order valence-corrected chi connectivity index (χ4v) is 3.16. The Hall–Kier alpha value is -1.81. The number of ether oxygens (including phenoxy) is 1. The van der Waals surface area contributed by atoms with Gasteiger partial charge in [-0.1, -0.05) is 30.3 Å². The molecule has 1 atom stereocenters. The van der Waals surface area contributed by atoms with Crippen molar-refractivity contribution in [1.82, 2.24) is 0 Å². The van der Waals surface area contributed by atoms with Gasteiger partial charge < -0.3 is 9.64 Å². The highest BCUT2D eigenvalue weighted by Crippen LogP contribution is 2.35. The van der Waals surface area contributed by atoms with Crippen LogP contribution in [0, 0.1) is 0 Å². The van der Waals surface area contributed by atoms with E-state index >= 15 is 0 Å². The van der Waals surface area contributed by atoms with Crippen LogP contribution in [-0.2, 0) is 4.79 Å². The molecule has 2 aromatic rings. The number of carbonyl (C=O) groups is 1. The van der Waals surface area contributed by atoms with Gasteiger partial charge in [-0.3, -0.25) is 4.79 Å². The van der Waals surface area contributed by atoms with Crippen LogP contribution in [0.2, 0.25) is 0 Å². The molecule has 4 heteroatoms. The van der Waals surface area contributed by atoms with Crippen LogP contribution in [-0.4, -0.2) is 19.6 Å². The molecule has 0 spiro atoms. The van der Waals surface area contributed by atoms with Crippen molar-refractivity contribution >= 4 is 27.5 Å². The van der Waals surface area contributed by atoms with Crippen LogP contribution in [0.1, 0.15) is 17.9 Å². The highest BCUT2D eigenvalue weighted by Gasteiger charge is 2.33. The third-order valence-corrected chi connectivity index (χ3v) is 4.51. The second-order valence-electron chi connectivity index (χ2n) is 5.06. The molecule has 3 rings (SSSR count). The predicted molar refractivity (Wildman–Crippen MR) is 86.8 cm³/mol. The fraction of sp³-hybridized carbons (Fsp3) is 0.235. The third kappa shape index (κ3) is 2.68. The first-order valence-electron chi connectivity index (χ1n) is 6.90. The van der Waals surface area contributed by atoms with Crippen molar-refractivity contribution in [3.63, 3.8) is 0 Å². The Labute approximate surface area is 132 Å². The molecule has 3 nitrogen and oxygen atoms in total. The monoisotopic (exact) mass is 345 g/mol. The van der Waals surface area contributed by atoms with E-state index in [0.29, 0.717) is 0 Å². The Kier molecular flexibility index (Phi) is 3.97. The molecule has 0 unspecified atom stereocenters. The highest BCUT2D eigenvalue weighted by atomic mass is 79.9. The lowest BCUT2D eigenvalue weighted by Gasteiger charge is -2.18. The number of anilines is 1. The van der Waals surface area contributed by atoms with Crippen LogP contribution in [0.15, 0.2) is 53.0 Å². The summed E-state index contributed by atoms with van der Waals surface area (Å²) in [5.74, 6) is 0.856. The largest absolute Gasteiger partial charge is 0.495 e. The molecule has 0 aromatic heterocycles. The number of benzene rings is 2. The maximum atomic E-state index is 12.7. The number of rotatable bonds is 3. The van der Waals surface area contributed by atoms with Crippen LogP contribution in [0.4, 0.5) is 5.69 Å². The average molecular weight is 346 g/mol. The van der Waals surface area contributed by atoms with Crippen LogP contribution in [0.25, 0.3) is 0 Å². The van der Waals surface area contributed by atoms with Gasteiger partial charge in [0.25, 0.3) is 0 Å². The number of carbonyl (C=O) groups excluding carboxylic acids is 1. The van der Waals surface area contributed by atoms with Gasteiger partial charge in [0.1, 0.15) is 5.75 Å². The van der Waals surface area contributed by atoms with E-state index in [1.165, 1.54) is 0 Å². The SMILES string of the molecule is COc1cc(N2CC[C@H](c3ccccc3)C2=O)ccc1Br. The minimum Gasteiger partial charge on any atom is -0.495 e. The first kappa shape index (κ1) is 14.1. The van der Waals surface area contributed by atoms with Gasteiger partial charge in [0.05, 0.1) is 17.5 Å². The van der Waals surface area contributed by atoms with Crippen LogP contribution < -0.4 is 9.64 Å². The lowest BCUT2D eigenvalue weighted by molar-refractivity contribution is -0.118. The number of amides is 1. The van der Waals surface area contributed by atoms with Crippen LogP contribution >= 0.6 is 15.9 Å². The molecular formula is C17H16BrNO2. The molecule has 1 saturated heterocycles. The van der Waals surface area contributed by atoms with Crippen molar-refractivity contribution in [1.29, 1.82) is 0 Å². The van der Waals surface area contributed by atoms with E-state index in [1.807, 2.05) is 53.4 Å². The lowest BCUT2D eigenvalue weighted by atomic mass is 9.98. The summed E-state index contributed by atoms with van der Waals surface area (Å²) >= 11 is 3.43. The zero-order chi connectivity index (χ0) is 14.8. The summed E-state index contributed by atoms with van der Waals surface area (Å²) in [6.45, 7) is 0.739. The smallest absolute Gasteiger partial charge is 0.234 e. The van der Waals surface area contributed by atoms with Gasteiger partial charge in [0.15, 0.2) is 0 Å². The molecule has 0 bridgehead atoms. The van der Waals surface area contributed by atoms with Gasteiger partial charge in [-0.25, -0.2) is 0 Å². The first-order chi connectivity index (χ1) is 10.2. The van der Waals surface area contributed by atoms with Gasteiger partial charge in [-0.2, -0.15) is 0 Å². The Morgan fingerprint density at radius 1 is 1.19 bits per heavy atom. The maximum absolute atomic E-state index is 12.7. The molecule has 0 N–H and O–H groups in total. The number of methoxy groups -OCH3 is 1. The molecule has 1 aliphatic rings. The average Bonchev–Trinajstić information content (AvgIpc) is 2.90. The molecule has 1 fully saturated rings.